The van der Waals surface area contributed by atoms with Gasteiger partial charge >= 0.3 is 0 Å². The number of benzene rings is 1. The number of fused-ring (bicyclic) bond motifs is 1. The number of hydrogen-bond donors (Lipinski definition) is 1. The lowest BCUT2D eigenvalue weighted by Gasteiger charge is -2.13. The highest BCUT2D eigenvalue weighted by Crippen LogP contribution is 2.27. The zero-order valence-corrected chi connectivity index (χ0v) is 10.6. The summed E-state index contributed by atoms with van der Waals surface area (Å²) < 4.78 is 5.58. The first-order valence-corrected chi connectivity index (χ1v) is 6.06. The smallest absolute Gasteiger partial charge is 0.234 e. The van der Waals surface area contributed by atoms with Crippen LogP contribution in [-0.2, 0) is 4.79 Å². The van der Waals surface area contributed by atoms with Gasteiger partial charge in [0, 0.05) is 6.42 Å². The molecule has 5 nitrogen and oxygen atoms in total. The van der Waals surface area contributed by atoms with Crippen molar-refractivity contribution in [1.82, 2.24) is 5.32 Å². The molecule has 1 amide bonds. The fraction of sp³-hybridized carbons (Fsp3) is 0.357. The molecule has 0 aliphatic carbocycles. The van der Waals surface area contributed by atoms with E-state index >= 15 is 0 Å². The number of ketones is 1. The van der Waals surface area contributed by atoms with Crippen LogP contribution in [0, 0.1) is 18.3 Å². The molecule has 1 aliphatic heterocycles. The van der Waals surface area contributed by atoms with Gasteiger partial charge in [-0.15, -0.1) is 0 Å². The van der Waals surface area contributed by atoms with Crippen LogP contribution < -0.4 is 10.1 Å². The molecular weight excluding hydrogens is 244 g/mol. The first-order chi connectivity index (χ1) is 9.13. The largest absolute Gasteiger partial charge is 0.492 e. The van der Waals surface area contributed by atoms with E-state index in [-0.39, 0.29) is 12.2 Å². The number of nitrogens with zero attached hydrogens (tertiary/aromatic N) is 1. The SMILES string of the molecule is Cc1cccc2c1OCCC(NC(=O)CC#N)C2=O. The van der Waals surface area contributed by atoms with Crippen molar-refractivity contribution in [3.05, 3.63) is 29.3 Å². The number of ether oxygens (including phenoxy) is 1. The number of rotatable bonds is 2. The molecule has 1 atom stereocenters. The van der Waals surface area contributed by atoms with E-state index in [1.165, 1.54) is 0 Å². The summed E-state index contributed by atoms with van der Waals surface area (Å²) in [5, 5.41) is 11.0. The van der Waals surface area contributed by atoms with Gasteiger partial charge in [0.25, 0.3) is 0 Å². The first-order valence-electron chi connectivity index (χ1n) is 6.06. The van der Waals surface area contributed by atoms with Crippen molar-refractivity contribution >= 4 is 11.7 Å². The molecule has 0 fully saturated rings. The molecule has 1 N–H and O–H groups in total. The second-order valence-electron chi connectivity index (χ2n) is 4.41. The van der Waals surface area contributed by atoms with Gasteiger partial charge in [-0.1, -0.05) is 12.1 Å². The predicted molar refractivity (Wildman–Crippen MR) is 67.8 cm³/mol. The zero-order valence-electron chi connectivity index (χ0n) is 10.6. The Bertz CT molecular complexity index is 560. The third-order valence-corrected chi connectivity index (χ3v) is 3.02. The van der Waals surface area contributed by atoms with E-state index < -0.39 is 11.9 Å². The molecule has 1 aliphatic rings. The summed E-state index contributed by atoms with van der Waals surface area (Å²) >= 11 is 0. The van der Waals surface area contributed by atoms with Crippen LogP contribution in [-0.4, -0.2) is 24.3 Å². The van der Waals surface area contributed by atoms with Crippen molar-refractivity contribution < 1.29 is 14.3 Å². The highest BCUT2D eigenvalue weighted by atomic mass is 16.5. The summed E-state index contributed by atoms with van der Waals surface area (Å²) in [6.45, 7) is 2.24. The molecular formula is C14H14N2O3. The van der Waals surface area contributed by atoms with Gasteiger partial charge < -0.3 is 10.1 Å². The maximum atomic E-state index is 12.4. The second-order valence-corrected chi connectivity index (χ2v) is 4.41. The number of Topliss-reactive ketones (excluding diaryl/α,β-unsaturated/α-hetero) is 1. The van der Waals surface area contributed by atoms with Gasteiger partial charge in [-0.3, -0.25) is 9.59 Å². The number of amides is 1. The lowest BCUT2D eigenvalue weighted by atomic mass is 10.00. The van der Waals surface area contributed by atoms with Crippen molar-refractivity contribution in [2.45, 2.75) is 25.8 Å². The molecule has 19 heavy (non-hydrogen) atoms. The fourth-order valence-electron chi connectivity index (χ4n) is 2.09. The number of carbonyl (C=O) groups is 2. The minimum atomic E-state index is -0.621. The number of para-hydroxylation sites is 1. The van der Waals surface area contributed by atoms with E-state index in [0.29, 0.717) is 24.3 Å². The Labute approximate surface area is 111 Å². The highest BCUT2D eigenvalue weighted by molar-refractivity contribution is 6.04. The Hall–Kier alpha value is -2.35. The lowest BCUT2D eigenvalue weighted by Crippen LogP contribution is -2.40. The molecule has 5 heteroatoms. The molecule has 1 aromatic rings. The van der Waals surface area contributed by atoms with Crippen LogP contribution in [0.1, 0.15) is 28.8 Å². The second kappa shape index (κ2) is 5.53. The normalized spacial score (nSPS) is 17.7. The van der Waals surface area contributed by atoms with E-state index in [0.717, 1.165) is 5.56 Å². The molecule has 1 heterocycles. The topological polar surface area (TPSA) is 79.2 Å². The molecule has 0 saturated carbocycles. The molecule has 0 spiro atoms. The molecule has 98 valence electrons. The van der Waals surface area contributed by atoms with E-state index in [2.05, 4.69) is 5.32 Å². The van der Waals surface area contributed by atoms with Crippen molar-refractivity contribution in [2.75, 3.05) is 6.61 Å². The molecule has 0 radical (unpaired) electrons. The van der Waals surface area contributed by atoms with Gasteiger partial charge in [0.15, 0.2) is 5.78 Å². The van der Waals surface area contributed by atoms with Gasteiger partial charge in [-0.2, -0.15) is 5.26 Å². The van der Waals surface area contributed by atoms with E-state index in [1.54, 1.807) is 18.2 Å². The van der Waals surface area contributed by atoms with Gasteiger partial charge in [-0.25, -0.2) is 0 Å². The first kappa shape index (κ1) is 13.1. The Morgan fingerprint density at radius 2 is 2.37 bits per heavy atom. The lowest BCUT2D eigenvalue weighted by molar-refractivity contribution is -0.120. The Morgan fingerprint density at radius 1 is 1.58 bits per heavy atom. The van der Waals surface area contributed by atoms with Crippen LogP contribution in [0.15, 0.2) is 18.2 Å². The summed E-state index contributed by atoms with van der Waals surface area (Å²) in [5.74, 6) is -0.0102. The fourth-order valence-corrected chi connectivity index (χ4v) is 2.09. The number of nitriles is 1. The summed E-state index contributed by atoms with van der Waals surface area (Å²) in [6.07, 6.45) is 0.162. The molecule has 0 bridgehead atoms. The monoisotopic (exact) mass is 258 g/mol. The number of carbonyl (C=O) groups excluding carboxylic acids is 2. The highest BCUT2D eigenvalue weighted by Gasteiger charge is 2.28. The minimum Gasteiger partial charge on any atom is -0.492 e. The third-order valence-electron chi connectivity index (χ3n) is 3.02. The average Bonchev–Trinajstić information content (AvgIpc) is 2.53. The number of nitrogens with one attached hydrogen (secondary N) is 1. The van der Waals surface area contributed by atoms with Crippen molar-refractivity contribution in [1.29, 1.82) is 5.26 Å². The molecule has 0 saturated heterocycles. The van der Waals surface area contributed by atoms with E-state index in [1.807, 2.05) is 13.0 Å². The van der Waals surface area contributed by atoms with Gasteiger partial charge in [0.2, 0.25) is 5.91 Å². The van der Waals surface area contributed by atoms with Gasteiger partial charge in [-0.05, 0) is 18.6 Å². The summed E-state index contributed by atoms with van der Waals surface area (Å²) in [6, 6.07) is 6.50. The average molecular weight is 258 g/mol. The summed E-state index contributed by atoms with van der Waals surface area (Å²) in [5.41, 5.74) is 1.38. The summed E-state index contributed by atoms with van der Waals surface area (Å²) in [4.78, 5) is 23.8. The zero-order chi connectivity index (χ0) is 13.8. The standard InChI is InChI=1S/C14H14N2O3/c1-9-3-2-4-10-13(18)11(6-8-19-14(9)10)16-12(17)5-7-15/h2-4,11H,5-6,8H2,1H3,(H,16,17). The van der Waals surface area contributed by atoms with Crippen LogP contribution in [0.5, 0.6) is 5.75 Å². The van der Waals surface area contributed by atoms with E-state index in [4.69, 9.17) is 10.00 Å². The number of hydrogen-bond acceptors (Lipinski definition) is 4. The number of aryl methyl sites for hydroxylation is 1. The Morgan fingerprint density at radius 3 is 3.11 bits per heavy atom. The third kappa shape index (κ3) is 2.74. The molecule has 0 aromatic heterocycles. The van der Waals surface area contributed by atoms with E-state index in [9.17, 15) is 9.59 Å². The summed E-state index contributed by atoms with van der Waals surface area (Å²) in [7, 11) is 0. The van der Waals surface area contributed by atoms with Crippen LogP contribution in [0.3, 0.4) is 0 Å². The molecule has 1 unspecified atom stereocenters. The van der Waals surface area contributed by atoms with Gasteiger partial charge in [0.05, 0.1) is 24.3 Å². The van der Waals surface area contributed by atoms with Gasteiger partial charge in [0.1, 0.15) is 12.2 Å². The maximum absolute atomic E-state index is 12.4. The van der Waals surface area contributed by atoms with Crippen molar-refractivity contribution in [3.63, 3.8) is 0 Å². The minimum absolute atomic E-state index is 0.164. The molecule has 2 rings (SSSR count). The Balaban J connectivity index is 2.24. The molecule has 1 aromatic carbocycles. The maximum Gasteiger partial charge on any atom is 0.234 e. The van der Waals surface area contributed by atoms with Crippen LogP contribution >= 0.6 is 0 Å². The quantitative estimate of drug-likeness (QED) is 0.868. The van der Waals surface area contributed by atoms with Crippen LogP contribution in [0.25, 0.3) is 0 Å². The Kier molecular flexibility index (Phi) is 3.81. The van der Waals surface area contributed by atoms with Crippen LogP contribution in [0.4, 0.5) is 0 Å². The van der Waals surface area contributed by atoms with Crippen LogP contribution in [0.2, 0.25) is 0 Å². The van der Waals surface area contributed by atoms with Crippen molar-refractivity contribution in [3.8, 4) is 11.8 Å². The predicted octanol–water partition coefficient (Wildman–Crippen LogP) is 1.36. The van der Waals surface area contributed by atoms with Crippen molar-refractivity contribution in [2.24, 2.45) is 0 Å².